The van der Waals surface area contributed by atoms with Crippen LogP contribution in [0.3, 0.4) is 0 Å². The van der Waals surface area contributed by atoms with Crippen molar-refractivity contribution in [2.45, 2.75) is 39.9 Å². The van der Waals surface area contributed by atoms with E-state index in [1.54, 1.807) is 4.90 Å². The monoisotopic (exact) mass is 345 g/mol. The molecule has 0 radical (unpaired) electrons. The Morgan fingerprint density at radius 3 is 2.88 bits per heavy atom. The molecule has 0 unspecified atom stereocenters. The van der Waals surface area contributed by atoms with Gasteiger partial charge in [-0.2, -0.15) is 5.26 Å². The average Bonchev–Trinajstić information content (AvgIpc) is 3.20. The summed E-state index contributed by atoms with van der Waals surface area (Å²) in [5.74, 6) is 0.832. The first kappa shape index (κ1) is 16.3. The molecule has 0 saturated heterocycles. The van der Waals surface area contributed by atoms with Crippen LogP contribution in [0, 0.1) is 18.3 Å². The zero-order valence-corrected chi connectivity index (χ0v) is 14.9. The first-order valence-corrected chi connectivity index (χ1v) is 8.71. The molecule has 0 atom stereocenters. The van der Waals surface area contributed by atoms with Gasteiger partial charge in [0.2, 0.25) is 5.91 Å². The number of amides is 1. The maximum atomic E-state index is 12.9. The molecule has 4 rings (SSSR count). The molecule has 2 aromatic heterocycles. The highest BCUT2D eigenvalue weighted by Crippen LogP contribution is 2.26. The second kappa shape index (κ2) is 6.26. The van der Waals surface area contributed by atoms with Crippen LogP contribution in [0.5, 0.6) is 0 Å². The van der Waals surface area contributed by atoms with Crippen LogP contribution >= 0.6 is 0 Å². The summed E-state index contributed by atoms with van der Waals surface area (Å²) in [7, 11) is 0. The SMILES string of the molecule is CCc1ncc2c(n1)CN(C(=O)Cn1c(C)c(C#N)c3ccccc31)C2. The van der Waals surface area contributed by atoms with E-state index in [1.165, 1.54) is 0 Å². The summed E-state index contributed by atoms with van der Waals surface area (Å²) in [6.45, 7) is 5.19. The number of nitrogens with zero attached hydrogens (tertiary/aromatic N) is 5. The van der Waals surface area contributed by atoms with Crippen LogP contribution in [-0.2, 0) is 30.8 Å². The summed E-state index contributed by atoms with van der Waals surface area (Å²) in [4.78, 5) is 23.6. The van der Waals surface area contributed by atoms with E-state index in [0.29, 0.717) is 18.7 Å². The van der Waals surface area contributed by atoms with Gasteiger partial charge in [-0.05, 0) is 13.0 Å². The quantitative estimate of drug-likeness (QED) is 0.731. The van der Waals surface area contributed by atoms with Crippen molar-refractivity contribution in [1.82, 2.24) is 19.4 Å². The highest BCUT2D eigenvalue weighted by atomic mass is 16.2. The summed E-state index contributed by atoms with van der Waals surface area (Å²) >= 11 is 0. The average molecular weight is 345 g/mol. The lowest BCUT2D eigenvalue weighted by Gasteiger charge is -2.17. The Morgan fingerprint density at radius 2 is 2.12 bits per heavy atom. The zero-order valence-electron chi connectivity index (χ0n) is 14.9. The summed E-state index contributed by atoms with van der Waals surface area (Å²) in [5.41, 5.74) is 4.34. The number of carbonyl (C=O) groups excluding carboxylic acids is 1. The van der Waals surface area contributed by atoms with Crippen LogP contribution in [0.25, 0.3) is 10.9 Å². The van der Waals surface area contributed by atoms with Gasteiger partial charge < -0.3 is 9.47 Å². The smallest absolute Gasteiger partial charge is 0.243 e. The Balaban J connectivity index is 1.61. The van der Waals surface area contributed by atoms with Crippen molar-refractivity contribution in [3.8, 4) is 6.07 Å². The standard InChI is InChI=1S/C20H19N5O/c1-3-19-22-9-14-10-24(11-17(14)23-19)20(26)12-25-13(2)16(8-21)15-6-4-5-7-18(15)25/h4-7,9H,3,10-12H2,1-2H3. The molecule has 0 bridgehead atoms. The van der Waals surface area contributed by atoms with Crippen molar-refractivity contribution in [3.63, 3.8) is 0 Å². The number of hydrogen-bond acceptors (Lipinski definition) is 4. The van der Waals surface area contributed by atoms with E-state index < -0.39 is 0 Å². The predicted molar refractivity (Wildman–Crippen MR) is 97.1 cm³/mol. The number of rotatable bonds is 3. The Bertz CT molecular complexity index is 1060. The minimum atomic E-state index is 0.0226. The van der Waals surface area contributed by atoms with Gasteiger partial charge >= 0.3 is 0 Å². The van der Waals surface area contributed by atoms with E-state index in [2.05, 4.69) is 16.0 Å². The van der Waals surface area contributed by atoms with Crippen molar-refractivity contribution >= 4 is 16.8 Å². The van der Waals surface area contributed by atoms with E-state index in [1.807, 2.05) is 48.9 Å². The van der Waals surface area contributed by atoms with Gasteiger partial charge in [0.25, 0.3) is 0 Å². The topological polar surface area (TPSA) is 74.8 Å². The summed E-state index contributed by atoms with van der Waals surface area (Å²) in [5, 5.41) is 10.4. The molecule has 0 spiro atoms. The molecule has 3 heterocycles. The fraction of sp³-hybridized carbons (Fsp3) is 0.300. The number of hydrogen-bond donors (Lipinski definition) is 0. The molecule has 26 heavy (non-hydrogen) atoms. The summed E-state index contributed by atoms with van der Waals surface area (Å²) in [6, 6.07) is 9.98. The molecular formula is C20H19N5O. The Hall–Kier alpha value is -3.20. The minimum absolute atomic E-state index is 0.0226. The van der Waals surface area contributed by atoms with E-state index in [0.717, 1.165) is 40.1 Å². The number of nitriles is 1. The number of para-hydroxylation sites is 1. The number of aryl methyl sites for hydroxylation is 1. The molecule has 1 aliphatic rings. The Labute approximate surface area is 151 Å². The van der Waals surface area contributed by atoms with Crippen molar-refractivity contribution in [1.29, 1.82) is 5.26 Å². The minimum Gasteiger partial charge on any atom is -0.334 e. The summed E-state index contributed by atoms with van der Waals surface area (Å²) < 4.78 is 1.93. The van der Waals surface area contributed by atoms with Gasteiger partial charge in [0.05, 0.1) is 23.3 Å². The van der Waals surface area contributed by atoms with E-state index in [9.17, 15) is 10.1 Å². The second-order valence-electron chi connectivity index (χ2n) is 6.54. The van der Waals surface area contributed by atoms with Crippen LogP contribution in [0.2, 0.25) is 0 Å². The van der Waals surface area contributed by atoms with Crippen LogP contribution in [-0.4, -0.2) is 25.3 Å². The lowest BCUT2D eigenvalue weighted by atomic mass is 10.1. The van der Waals surface area contributed by atoms with E-state index >= 15 is 0 Å². The van der Waals surface area contributed by atoms with Crippen LogP contribution in [0.4, 0.5) is 0 Å². The van der Waals surface area contributed by atoms with E-state index in [-0.39, 0.29) is 12.5 Å². The molecule has 0 aliphatic carbocycles. The Morgan fingerprint density at radius 1 is 1.31 bits per heavy atom. The molecule has 130 valence electrons. The van der Waals surface area contributed by atoms with Gasteiger partial charge in [0.15, 0.2) is 0 Å². The molecule has 1 aliphatic heterocycles. The van der Waals surface area contributed by atoms with Gasteiger partial charge in [0, 0.05) is 35.8 Å². The molecule has 6 heteroatoms. The predicted octanol–water partition coefficient (Wildman–Crippen LogP) is 2.72. The molecule has 0 N–H and O–H groups in total. The lowest BCUT2D eigenvalue weighted by Crippen LogP contribution is -2.29. The first-order valence-electron chi connectivity index (χ1n) is 8.71. The molecule has 0 fully saturated rings. The van der Waals surface area contributed by atoms with Crippen LogP contribution in [0.1, 0.15) is 35.3 Å². The van der Waals surface area contributed by atoms with Gasteiger partial charge in [-0.3, -0.25) is 4.79 Å². The molecule has 0 saturated carbocycles. The summed E-state index contributed by atoms with van der Waals surface area (Å²) in [6.07, 6.45) is 2.62. The third-order valence-electron chi connectivity index (χ3n) is 5.01. The van der Waals surface area contributed by atoms with Crippen LogP contribution in [0.15, 0.2) is 30.5 Å². The van der Waals surface area contributed by atoms with E-state index in [4.69, 9.17) is 0 Å². The molecule has 3 aromatic rings. The lowest BCUT2D eigenvalue weighted by molar-refractivity contribution is -0.132. The third-order valence-corrected chi connectivity index (χ3v) is 5.01. The van der Waals surface area contributed by atoms with Crippen molar-refractivity contribution in [2.75, 3.05) is 0 Å². The molecule has 6 nitrogen and oxygen atoms in total. The number of aromatic nitrogens is 3. The maximum Gasteiger partial charge on any atom is 0.243 e. The first-order chi connectivity index (χ1) is 12.6. The fourth-order valence-corrected chi connectivity index (χ4v) is 3.55. The maximum absolute atomic E-state index is 12.9. The number of carbonyl (C=O) groups is 1. The second-order valence-corrected chi connectivity index (χ2v) is 6.54. The normalized spacial score (nSPS) is 13.0. The Kier molecular flexibility index (Phi) is 3.92. The zero-order chi connectivity index (χ0) is 18.3. The van der Waals surface area contributed by atoms with Gasteiger partial charge in [-0.1, -0.05) is 25.1 Å². The van der Waals surface area contributed by atoms with Crippen molar-refractivity contribution in [2.24, 2.45) is 0 Å². The van der Waals surface area contributed by atoms with Gasteiger partial charge in [-0.25, -0.2) is 9.97 Å². The molecule has 1 amide bonds. The highest BCUT2D eigenvalue weighted by Gasteiger charge is 2.26. The van der Waals surface area contributed by atoms with Crippen molar-refractivity contribution in [3.05, 3.63) is 58.8 Å². The van der Waals surface area contributed by atoms with Gasteiger partial charge in [-0.15, -0.1) is 0 Å². The number of fused-ring (bicyclic) bond motifs is 2. The molecular weight excluding hydrogens is 326 g/mol. The third kappa shape index (κ3) is 2.53. The van der Waals surface area contributed by atoms with Crippen LogP contribution < -0.4 is 0 Å². The van der Waals surface area contributed by atoms with Crippen molar-refractivity contribution < 1.29 is 4.79 Å². The number of benzene rings is 1. The van der Waals surface area contributed by atoms with Gasteiger partial charge in [0.1, 0.15) is 18.4 Å². The fourth-order valence-electron chi connectivity index (χ4n) is 3.55. The highest BCUT2D eigenvalue weighted by molar-refractivity contribution is 5.89. The largest absolute Gasteiger partial charge is 0.334 e. The molecule has 1 aromatic carbocycles.